The molecule has 1 aromatic carbocycles. The average Bonchev–Trinajstić information content (AvgIpc) is 2.16. The number of rotatable bonds is 4. The molecular weight excluding hydrogens is 204 g/mol. The predicted octanol–water partition coefficient (Wildman–Crippen LogP) is 1.15. The molecule has 16 heavy (non-hydrogen) atoms. The summed E-state index contributed by atoms with van der Waals surface area (Å²) in [6.07, 6.45) is 0. The fourth-order valence-electron chi connectivity index (χ4n) is 1.71. The minimum atomic E-state index is -0.975. The number of hydrogen-bond acceptors (Lipinski definition) is 3. The van der Waals surface area contributed by atoms with Gasteiger partial charge in [0.25, 0.3) is 0 Å². The van der Waals surface area contributed by atoms with Gasteiger partial charge < -0.3 is 15.7 Å². The predicted molar refractivity (Wildman–Crippen MR) is 64.8 cm³/mol. The highest BCUT2D eigenvalue weighted by Gasteiger charge is 2.15. The molecule has 0 radical (unpaired) electrons. The Hall–Kier alpha value is -1.55. The lowest BCUT2D eigenvalue weighted by Crippen LogP contribution is -2.41. The summed E-state index contributed by atoms with van der Waals surface area (Å²) in [5.74, 6) is -0.975. The van der Waals surface area contributed by atoms with Gasteiger partial charge in [-0.05, 0) is 25.5 Å². The second-order valence-electron chi connectivity index (χ2n) is 4.12. The molecule has 0 amide bonds. The molecule has 88 valence electrons. The lowest BCUT2D eigenvalue weighted by molar-refractivity contribution is -0.138. The number of carbonyl (C=O) groups is 1. The van der Waals surface area contributed by atoms with Crippen molar-refractivity contribution in [2.24, 2.45) is 5.73 Å². The van der Waals surface area contributed by atoms with Gasteiger partial charge in [-0.2, -0.15) is 0 Å². The van der Waals surface area contributed by atoms with Crippen molar-refractivity contribution < 1.29 is 9.90 Å². The monoisotopic (exact) mass is 222 g/mol. The smallest absolute Gasteiger partial charge is 0.322 e. The molecule has 0 spiro atoms. The van der Waals surface area contributed by atoms with Crippen molar-refractivity contribution in [3.63, 3.8) is 0 Å². The molecule has 0 bridgehead atoms. The van der Waals surface area contributed by atoms with Crippen molar-refractivity contribution in [1.29, 1.82) is 0 Å². The highest BCUT2D eigenvalue weighted by Crippen LogP contribution is 2.19. The first kappa shape index (κ1) is 12.5. The van der Waals surface area contributed by atoms with Crippen molar-refractivity contribution >= 4 is 11.7 Å². The Morgan fingerprint density at radius 2 is 2.12 bits per heavy atom. The summed E-state index contributed by atoms with van der Waals surface area (Å²) < 4.78 is 0. The maximum atomic E-state index is 10.7. The number of hydrogen-bond donors (Lipinski definition) is 2. The Labute approximate surface area is 95.7 Å². The topological polar surface area (TPSA) is 66.6 Å². The van der Waals surface area contributed by atoms with E-state index in [1.807, 2.05) is 37.9 Å². The second-order valence-corrected chi connectivity index (χ2v) is 4.12. The first-order valence-corrected chi connectivity index (χ1v) is 5.18. The number of aliphatic carboxylic acids is 1. The minimum absolute atomic E-state index is 0.305. The van der Waals surface area contributed by atoms with Crippen LogP contribution in [0.5, 0.6) is 0 Å². The van der Waals surface area contributed by atoms with Crippen molar-refractivity contribution in [3.8, 4) is 0 Å². The van der Waals surface area contributed by atoms with E-state index >= 15 is 0 Å². The lowest BCUT2D eigenvalue weighted by atomic mass is 10.1. The van der Waals surface area contributed by atoms with Gasteiger partial charge in [-0.3, -0.25) is 4.79 Å². The first-order chi connectivity index (χ1) is 7.41. The van der Waals surface area contributed by atoms with Crippen LogP contribution < -0.4 is 10.6 Å². The van der Waals surface area contributed by atoms with E-state index in [1.54, 1.807) is 0 Å². The Morgan fingerprint density at radius 1 is 1.50 bits per heavy atom. The average molecular weight is 222 g/mol. The van der Waals surface area contributed by atoms with E-state index in [2.05, 4.69) is 6.07 Å². The van der Waals surface area contributed by atoms with Crippen molar-refractivity contribution in [2.45, 2.75) is 19.9 Å². The summed E-state index contributed by atoms with van der Waals surface area (Å²) >= 11 is 0. The highest BCUT2D eigenvalue weighted by atomic mass is 16.4. The zero-order valence-corrected chi connectivity index (χ0v) is 9.90. The summed E-state index contributed by atoms with van der Waals surface area (Å²) in [5, 5.41) is 8.74. The fourth-order valence-corrected chi connectivity index (χ4v) is 1.71. The molecule has 1 aromatic rings. The van der Waals surface area contributed by atoms with E-state index in [9.17, 15) is 4.79 Å². The molecule has 0 aliphatic rings. The molecule has 1 unspecified atom stereocenters. The van der Waals surface area contributed by atoms with Crippen LogP contribution in [0.1, 0.15) is 11.1 Å². The molecule has 1 atom stereocenters. The number of nitrogens with two attached hydrogens (primary N) is 1. The first-order valence-electron chi connectivity index (χ1n) is 5.18. The standard InChI is InChI=1S/C12H18N2O2/c1-8-4-5-11(9(2)6-8)14(3)7-10(13)12(15)16/h4-6,10H,7,13H2,1-3H3,(H,15,16). The van der Waals surface area contributed by atoms with Crippen LogP contribution in [0.3, 0.4) is 0 Å². The molecule has 0 fully saturated rings. The molecule has 0 aliphatic heterocycles. The Bertz CT molecular complexity index is 391. The van der Waals surface area contributed by atoms with Gasteiger partial charge in [-0.25, -0.2) is 0 Å². The van der Waals surface area contributed by atoms with Gasteiger partial charge in [-0.15, -0.1) is 0 Å². The van der Waals surface area contributed by atoms with Crippen LogP contribution >= 0.6 is 0 Å². The van der Waals surface area contributed by atoms with Crippen LogP contribution in [0.2, 0.25) is 0 Å². The summed E-state index contributed by atoms with van der Waals surface area (Å²) in [5.41, 5.74) is 8.83. The van der Waals surface area contributed by atoms with Crippen LogP contribution in [0.15, 0.2) is 18.2 Å². The normalized spacial score (nSPS) is 12.2. The van der Waals surface area contributed by atoms with Gasteiger partial charge in [0.05, 0.1) is 0 Å². The molecule has 0 aliphatic carbocycles. The van der Waals surface area contributed by atoms with Crippen LogP contribution in [-0.2, 0) is 4.79 Å². The summed E-state index contributed by atoms with van der Waals surface area (Å²) in [7, 11) is 1.85. The number of benzene rings is 1. The summed E-state index contributed by atoms with van der Waals surface area (Å²) in [6.45, 7) is 4.34. The third-order valence-corrected chi connectivity index (χ3v) is 2.55. The number of carboxylic acids is 1. The fraction of sp³-hybridized carbons (Fsp3) is 0.417. The maximum Gasteiger partial charge on any atom is 0.322 e. The molecular formula is C12H18N2O2. The minimum Gasteiger partial charge on any atom is -0.480 e. The van der Waals surface area contributed by atoms with Gasteiger partial charge in [-0.1, -0.05) is 17.7 Å². The largest absolute Gasteiger partial charge is 0.480 e. The highest BCUT2D eigenvalue weighted by molar-refractivity contribution is 5.74. The molecule has 0 heterocycles. The molecule has 0 saturated carbocycles. The second kappa shape index (κ2) is 4.99. The zero-order chi connectivity index (χ0) is 12.3. The van der Waals surface area contributed by atoms with Gasteiger partial charge in [0.2, 0.25) is 0 Å². The van der Waals surface area contributed by atoms with Crippen molar-refractivity contribution in [2.75, 3.05) is 18.5 Å². The number of likely N-dealkylation sites (N-methyl/N-ethyl adjacent to an activating group) is 1. The molecule has 1 rings (SSSR count). The summed E-state index contributed by atoms with van der Waals surface area (Å²) in [4.78, 5) is 12.5. The molecule has 3 N–H and O–H groups in total. The molecule has 0 aromatic heterocycles. The summed E-state index contributed by atoms with van der Waals surface area (Å²) in [6, 6.07) is 5.20. The molecule has 4 heteroatoms. The van der Waals surface area contributed by atoms with Crippen molar-refractivity contribution in [1.82, 2.24) is 0 Å². The van der Waals surface area contributed by atoms with Crippen LogP contribution in [0, 0.1) is 13.8 Å². The van der Waals surface area contributed by atoms with Crippen molar-refractivity contribution in [3.05, 3.63) is 29.3 Å². The lowest BCUT2D eigenvalue weighted by Gasteiger charge is -2.23. The van der Waals surface area contributed by atoms with Gasteiger partial charge >= 0.3 is 5.97 Å². The Kier molecular flexibility index (Phi) is 3.90. The van der Waals surface area contributed by atoms with Crippen LogP contribution in [0.4, 0.5) is 5.69 Å². The number of anilines is 1. The van der Waals surface area contributed by atoms with E-state index in [0.29, 0.717) is 6.54 Å². The number of nitrogens with zero attached hydrogens (tertiary/aromatic N) is 1. The maximum absolute atomic E-state index is 10.7. The Morgan fingerprint density at radius 3 is 2.62 bits per heavy atom. The number of carboxylic acid groups (broad SMARTS) is 1. The quantitative estimate of drug-likeness (QED) is 0.802. The van der Waals surface area contributed by atoms with Gasteiger partial charge in [0, 0.05) is 19.3 Å². The van der Waals surface area contributed by atoms with E-state index in [4.69, 9.17) is 10.8 Å². The van der Waals surface area contributed by atoms with Crippen LogP contribution in [0.25, 0.3) is 0 Å². The van der Waals surface area contributed by atoms with Crippen LogP contribution in [-0.4, -0.2) is 30.7 Å². The third-order valence-electron chi connectivity index (χ3n) is 2.55. The van der Waals surface area contributed by atoms with E-state index in [-0.39, 0.29) is 0 Å². The Balaban J connectivity index is 2.80. The van der Waals surface area contributed by atoms with Gasteiger partial charge in [0.1, 0.15) is 6.04 Å². The van der Waals surface area contributed by atoms with Gasteiger partial charge in [0.15, 0.2) is 0 Å². The van der Waals surface area contributed by atoms with E-state index in [0.717, 1.165) is 11.3 Å². The zero-order valence-electron chi connectivity index (χ0n) is 9.90. The third kappa shape index (κ3) is 2.97. The van der Waals surface area contributed by atoms with E-state index < -0.39 is 12.0 Å². The molecule has 4 nitrogen and oxygen atoms in total. The SMILES string of the molecule is Cc1ccc(N(C)CC(N)C(=O)O)c(C)c1. The number of aryl methyl sites for hydroxylation is 2. The van der Waals surface area contributed by atoms with E-state index in [1.165, 1.54) is 5.56 Å². The molecule has 0 saturated heterocycles.